The Morgan fingerprint density at radius 3 is 2.95 bits per heavy atom. The van der Waals surface area contributed by atoms with Gasteiger partial charge in [-0.15, -0.1) is 12.4 Å². The van der Waals surface area contributed by atoms with Gasteiger partial charge in [-0.05, 0) is 24.0 Å². The summed E-state index contributed by atoms with van der Waals surface area (Å²) < 4.78 is 4.95. The standard InChI is InChI=1S/C15H22N2O2.ClH/c1-12-7-9-17(14-6-4-3-5-13(12)14)15(18)11-16-8-10-19-2;/h3-6,12,16H,7-11H2,1-2H3;1H. The fraction of sp³-hybridized carbons (Fsp3) is 0.533. The van der Waals surface area contributed by atoms with Gasteiger partial charge in [0.2, 0.25) is 5.91 Å². The lowest BCUT2D eigenvalue weighted by Gasteiger charge is -2.33. The van der Waals surface area contributed by atoms with Crippen LogP contribution in [0.1, 0.15) is 24.8 Å². The summed E-state index contributed by atoms with van der Waals surface area (Å²) >= 11 is 0. The van der Waals surface area contributed by atoms with Gasteiger partial charge in [-0.2, -0.15) is 0 Å². The first kappa shape index (κ1) is 17.0. The number of benzene rings is 1. The number of carbonyl (C=O) groups excluding carboxylic acids is 1. The van der Waals surface area contributed by atoms with E-state index in [1.165, 1.54) is 5.56 Å². The summed E-state index contributed by atoms with van der Waals surface area (Å²) in [7, 11) is 1.66. The minimum absolute atomic E-state index is 0. The van der Waals surface area contributed by atoms with Crippen LogP contribution in [0.3, 0.4) is 0 Å². The largest absolute Gasteiger partial charge is 0.383 e. The summed E-state index contributed by atoms with van der Waals surface area (Å²) in [6.45, 7) is 4.72. The zero-order chi connectivity index (χ0) is 13.7. The van der Waals surface area contributed by atoms with E-state index in [-0.39, 0.29) is 18.3 Å². The highest BCUT2D eigenvalue weighted by Crippen LogP contribution is 2.34. The van der Waals surface area contributed by atoms with Gasteiger partial charge in [0.1, 0.15) is 0 Å². The molecule has 0 fully saturated rings. The molecule has 1 aliphatic heterocycles. The molecule has 112 valence electrons. The molecule has 0 aliphatic carbocycles. The fourth-order valence-electron chi connectivity index (χ4n) is 2.47. The first-order valence-electron chi connectivity index (χ1n) is 6.83. The van der Waals surface area contributed by atoms with Gasteiger partial charge in [0.25, 0.3) is 0 Å². The maximum Gasteiger partial charge on any atom is 0.240 e. The molecule has 0 radical (unpaired) electrons. The summed E-state index contributed by atoms with van der Waals surface area (Å²) in [5.74, 6) is 0.664. The smallest absolute Gasteiger partial charge is 0.240 e. The van der Waals surface area contributed by atoms with Crippen LogP contribution in [0.2, 0.25) is 0 Å². The van der Waals surface area contributed by atoms with Crippen LogP contribution in [0.15, 0.2) is 24.3 Å². The van der Waals surface area contributed by atoms with E-state index in [4.69, 9.17) is 4.74 Å². The van der Waals surface area contributed by atoms with Crippen molar-refractivity contribution in [1.82, 2.24) is 5.32 Å². The Kier molecular flexibility index (Phi) is 6.99. The first-order valence-corrected chi connectivity index (χ1v) is 6.83. The van der Waals surface area contributed by atoms with Crippen LogP contribution in [0.4, 0.5) is 5.69 Å². The third kappa shape index (κ3) is 3.95. The van der Waals surface area contributed by atoms with Crippen LogP contribution in [0, 0.1) is 0 Å². The molecule has 1 aliphatic rings. The van der Waals surface area contributed by atoms with Crippen molar-refractivity contribution in [1.29, 1.82) is 0 Å². The number of para-hydroxylation sites is 1. The molecule has 1 heterocycles. The van der Waals surface area contributed by atoms with E-state index in [2.05, 4.69) is 18.3 Å². The molecule has 5 heteroatoms. The highest BCUT2D eigenvalue weighted by atomic mass is 35.5. The van der Waals surface area contributed by atoms with Gasteiger partial charge in [-0.1, -0.05) is 25.1 Å². The van der Waals surface area contributed by atoms with Crippen LogP contribution in [-0.2, 0) is 9.53 Å². The molecule has 0 saturated heterocycles. The Balaban J connectivity index is 0.00000200. The molecule has 4 nitrogen and oxygen atoms in total. The highest BCUT2D eigenvalue weighted by Gasteiger charge is 2.25. The van der Waals surface area contributed by atoms with E-state index in [1.807, 2.05) is 23.1 Å². The van der Waals surface area contributed by atoms with Gasteiger partial charge in [-0.3, -0.25) is 4.79 Å². The van der Waals surface area contributed by atoms with E-state index < -0.39 is 0 Å². The van der Waals surface area contributed by atoms with E-state index in [1.54, 1.807) is 7.11 Å². The summed E-state index contributed by atoms with van der Waals surface area (Å²) in [4.78, 5) is 14.2. The summed E-state index contributed by atoms with van der Waals surface area (Å²) in [5, 5.41) is 3.11. The van der Waals surface area contributed by atoms with Crippen molar-refractivity contribution in [3.63, 3.8) is 0 Å². The van der Waals surface area contributed by atoms with E-state index in [0.717, 1.165) is 18.7 Å². The first-order chi connectivity index (χ1) is 9.24. The SMILES string of the molecule is COCCNCC(=O)N1CCC(C)c2ccccc21.Cl. The summed E-state index contributed by atoms with van der Waals surface area (Å²) in [6.07, 6.45) is 1.03. The van der Waals surface area contributed by atoms with E-state index >= 15 is 0 Å². The summed E-state index contributed by atoms with van der Waals surface area (Å²) in [5.41, 5.74) is 2.35. The molecular weight excluding hydrogens is 276 g/mol. The van der Waals surface area contributed by atoms with Crippen LogP contribution in [0.5, 0.6) is 0 Å². The molecule has 0 bridgehead atoms. The molecule has 1 N–H and O–H groups in total. The van der Waals surface area contributed by atoms with Gasteiger partial charge in [-0.25, -0.2) is 0 Å². The Bertz CT molecular complexity index is 440. The Labute approximate surface area is 126 Å². The fourth-order valence-corrected chi connectivity index (χ4v) is 2.47. The maximum absolute atomic E-state index is 12.3. The van der Waals surface area contributed by atoms with Crippen LogP contribution in [0.25, 0.3) is 0 Å². The third-order valence-corrected chi connectivity index (χ3v) is 3.60. The topological polar surface area (TPSA) is 41.6 Å². The lowest BCUT2D eigenvalue weighted by atomic mass is 9.91. The number of hydrogen-bond donors (Lipinski definition) is 1. The number of amides is 1. The van der Waals surface area contributed by atoms with Crippen LogP contribution >= 0.6 is 12.4 Å². The van der Waals surface area contributed by atoms with Crippen molar-refractivity contribution in [2.24, 2.45) is 0 Å². The van der Waals surface area contributed by atoms with Gasteiger partial charge in [0, 0.05) is 25.9 Å². The third-order valence-electron chi connectivity index (χ3n) is 3.60. The molecule has 1 atom stereocenters. The number of rotatable bonds is 5. The van der Waals surface area contributed by atoms with Crippen molar-refractivity contribution >= 4 is 24.0 Å². The molecule has 1 aromatic carbocycles. The van der Waals surface area contributed by atoms with E-state index in [0.29, 0.717) is 25.6 Å². The molecule has 1 aromatic rings. The number of anilines is 1. The molecule has 0 spiro atoms. The predicted octanol–water partition coefficient (Wildman–Crippen LogP) is 2.18. The lowest BCUT2D eigenvalue weighted by Crippen LogP contribution is -2.42. The summed E-state index contributed by atoms with van der Waals surface area (Å²) in [6, 6.07) is 8.20. The molecule has 0 saturated carbocycles. The minimum atomic E-state index is 0. The van der Waals surface area contributed by atoms with Crippen LogP contribution < -0.4 is 10.2 Å². The monoisotopic (exact) mass is 298 g/mol. The average Bonchev–Trinajstić information content (AvgIpc) is 2.44. The van der Waals surface area contributed by atoms with Gasteiger partial charge < -0.3 is 15.0 Å². The van der Waals surface area contributed by atoms with Crippen molar-refractivity contribution in [2.45, 2.75) is 19.3 Å². The van der Waals surface area contributed by atoms with Gasteiger partial charge >= 0.3 is 0 Å². The molecule has 0 aromatic heterocycles. The number of nitrogens with zero attached hydrogens (tertiary/aromatic N) is 1. The Hall–Kier alpha value is -1.10. The quantitative estimate of drug-likeness (QED) is 0.847. The van der Waals surface area contributed by atoms with Crippen molar-refractivity contribution in [3.05, 3.63) is 29.8 Å². The van der Waals surface area contributed by atoms with Crippen molar-refractivity contribution in [2.75, 3.05) is 38.3 Å². The second-order valence-corrected chi connectivity index (χ2v) is 4.96. The maximum atomic E-state index is 12.3. The lowest BCUT2D eigenvalue weighted by molar-refractivity contribution is -0.117. The Morgan fingerprint density at radius 1 is 1.45 bits per heavy atom. The highest BCUT2D eigenvalue weighted by molar-refractivity contribution is 5.96. The zero-order valence-corrected chi connectivity index (χ0v) is 12.9. The number of halogens is 1. The normalized spacial score (nSPS) is 17.3. The van der Waals surface area contributed by atoms with Crippen molar-refractivity contribution in [3.8, 4) is 0 Å². The zero-order valence-electron chi connectivity index (χ0n) is 12.1. The molecular formula is C15H23ClN2O2. The molecule has 1 amide bonds. The number of fused-ring (bicyclic) bond motifs is 1. The molecule has 1 unspecified atom stereocenters. The van der Waals surface area contributed by atoms with Gasteiger partial charge in [0.05, 0.1) is 13.2 Å². The van der Waals surface area contributed by atoms with Gasteiger partial charge in [0.15, 0.2) is 0 Å². The average molecular weight is 299 g/mol. The number of methoxy groups -OCH3 is 1. The number of ether oxygens (including phenoxy) is 1. The molecule has 20 heavy (non-hydrogen) atoms. The second-order valence-electron chi connectivity index (χ2n) is 4.96. The van der Waals surface area contributed by atoms with Crippen molar-refractivity contribution < 1.29 is 9.53 Å². The van der Waals surface area contributed by atoms with E-state index in [9.17, 15) is 4.79 Å². The number of carbonyl (C=O) groups is 1. The van der Waals surface area contributed by atoms with Crippen LogP contribution in [-0.4, -0.2) is 39.3 Å². The Morgan fingerprint density at radius 2 is 2.20 bits per heavy atom. The molecule has 2 rings (SSSR count). The number of nitrogens with one attached hydrogen (secondary N) is 1. The predicted molar refractivity (Wildman–Crippen MR) is 83.8 cm³/mol. The second kappa shape index (κ2) is 8.25. The minimum Gasteiger partial charge on any atom is -0.383 e. The number of hydrogen-bond acceptors (Lipinski definition) is 3.